The number of aliphatic hydroxyl groups is 2. The molecule has 2 fully saturated rings. The van der Waals surface area contributed by atoms with Gasteiger partial charge in [-0.25, -0.2) is 4.79 Å². The Balaban J connectivity index is 1.76. The third-order valence-corrected chi connectivity index (χ3v) is 10.8. The van der Waals surface area contributed by atoms with Gasteiger partial charge in [-0.2, -0.15) is 12.6 Å². The number of fused-ring (bicyclic) bond motifs is 5. The number of methoxy groups -OCH3 is 2. The van der Waals surface area contributed by atoms with Gasteiger partial charge in [-0.1, -0.05) is 49.2 Å². The van der Waals surface area contributed by atoms with E-state index in [4.69, 9.17) is 30.5 Å². The molecule has 1 aliphatic carbocycles. The van der Waals surface area contributed by atoms with Crippen LogP contribution >= 0.6 is 24.2 Å². The summed E-state index contributed by atoms with van der Waals surface area (Å²) in [4.78, 5) is 41.7. The van der Waals surface area contributed by atoms with Crippen molar-refractivity contribution in [1.82, 2.24) is 10.6 Å². The number of hydrogen-bond acceptors (Lipinski definition) is 11. The Bertz CT molecular complexity index is 1460. The van der Waals surface area contributed by atoms with E-state index in [1.54, 1.807) is 26.1 Å². The van der Waals surface area contributed by atoms with E-state index in [1.165, 1.54) is 19.1 Å². The van der Waals surface area contributed by atoms with E-state index in [2.05, 4.69) is 23.3 Å². The molecule has 1 saturated heterocycles. The highest BCUT2D eigenvalue weighted by Crippen LogP contribution is 2.61. The Hall–Kier alpha value is -2.81. The number of nitrogens with one attached hydrogen (secondary N) is 2. The first-order chi connectivity index (χ1) is 23.1. The number of halogens is 1. The minimum Gasteiger partial charge on any atom is -0.495 e. The van der Waals surface area contributed by atoms with Crippen LogP contribution in [0.2, 0.25) is 5.02 Å². The molecule has 0 spiro atoms. The zero-order chi connectivity index (χ0) is 36.3. The van der Waals surface area contributed by atoms with Gasteiger partial charge in [0, 0.05) is 26.0 Å². The minimum atomic E-state index is -1.76. The second-order valence-corrected chi connectivity index (χ2v) is 14.6. The van der Waals surface area contributed by atoms with Gasteiger partial charge in [0.1, 0.15) is 41.4 Å². The van der Waals surface area contributed by atoms with E-state index >= 15 is 0 Å². The van der Waals surface area contributed by atoms with E-state index in [0.29, 0.717) is 36.5 Å². The molecule has 14 heteroatoms. The summed E-state index contributed by atoms with van der Waals surface area (Å²) < 4.78 is 23.0. The van der Waals surface area contributed by atoms with E-state index in [1.807, 2.05) is 39.0 Å². The molecule has 1 unspecified atom stereocenters. The number of benzene rings is 1. The Morgan fingerprint density at radius 2 is 2.00 bits per heavy atom. The second-order valence-electron chi connectivity index (χ2n) is 13.7. The molecule has 0 radical (unpaired) electrons. The van der Waals surface area contributed by atoms with Gasteiger partial charge in [0.05, 0.1) is 19.2 Å². The van der Waals surface area contributed by atoms with Crippen molar-refractivity contribution >= 4 is 47.9 Å². The zero-order valence-corrected chi connectivity index (χ0v) is 30.8. The molecular weight excluding hydrogens is 674 g/mol. The van der Waals surface area contributed by atoms with Crippen LogP contribution in [0, 0.1) is 17.3 Å². The van der Waals surface area contributed by atoms with Crippen LogP contribution in [-0.2, 0) is 30.2 Å². The molecule has 49 heavy (non-hydrogen) atoms. The third-order valence-electron chi connectivity index (χ3n) is 10.1. The van der Waals surface area contributed by atoms with Crippen molar-refractivity contribution in [3.63, 3.8) is 0 Å². The van der Waals surface area contributed by atoms with Crippen molar-refractivity contribution in [2.24, 2.45) is 17.3 Å². The Labute approximate surface area is 298 Å². The number of allylic oxidation sites excluding steroid dienone is 3. The molecule has 272 valence electrons. The van der Waals surface area contributed by atoms with E-state index in [-0.39, 0.29) is 35.6 Å². The van der Waals surface area contributed by atoms with Crippen molar-refractivity contribution in [3.8, 4) is 5.75 Å². The number of carbonyl (C=O) groups excluding carboxylic acids is 3. The number of thiol groups is 1. The summed E-state index contributed by atoms with van der Waals surface area (Å²) in [5.74, 6) is -0.577. The van der Waals surface area contributed by atoms with Gasteiger partial charge in [0.15, 0.2) is 5.72 Å². The normalized spacial score (nSPS) is 33.6. The van der Waals surface area contributed by atoms with Crippen LogP contribution in [0.15, 0.2) is 35.9 Å². The minimum absolute atomic E-state index is 0.0399. The lowest BCUT2D eigenvalue weighted by molar-refractivity contribution is -0.158. The standard InChI is InChI=1S/C35H50ClN3O9S/c1-19-9-8-10-27(46-7)35(44)18-26(47-33(43)38-35)20(2)23-17-34(23,4)28(48-32(42)21(3)37-29(40)11-12-49)16-30(41)39(5)24-14-22(13-19)15-25(45-6)31(24)36/h8-10,14-15,20-21,23,26-29,37,40,44,49H,11-13,16-18H2,1-7H3,(H,38,43)/b10-8+,19-9+/t20-,21-,23-,26-,27+,28-,29?,34-,35-/m0/s1. The number of hydrogen-bond donors (Lipinski definition) is 5. The second kappa shape index (κ2) is 16.0. The maximum Gasteiger partial charge on any atom is 0.409 e. The summed E-state index contributed by atoms with van der Waals surface area (Å²) in [6, 6.07) is 2.77. The molecule has 1 aromatic carbocycles. The SMILES string of the molecule is COc1cc2cc(c1Cl)N(C)C(=O)C[C@H](OC(=O)[C@H](C)NC(O)CCS)[C@@]1(C)C[C@H]1[C@H](C)[C@@H]1C[C@@](O)(NC(=O)O1)[C@H](OC)/C=C/C=C(\C)C2. The summed E-state index contributed by atoms with van der Waals surface area (Å²) in [7, 11) is 4.58. The number of aliphatic hydroxyl groups excluding tert-OH is 1. The lowest BCUT2D eigenvalue weighted by Gasteiger charge is -2.42. The molecule has 2 aliphatic heterocycles. The molecule has 1 saturated carbocycles. The van der Waals surface area contributed by atoms with Gasteiger partial charge in [0.25, 0.3) is 0 Å². The van der Waals surface area contributed by atoms with Crippen LogP contribution in [-0.4, -0.2) is 91.5 Å². The fourth-order valence-corrected chi connectivity index (χ4v) is 7.52. The fraction of sp³-hybridized carbons (Fsp3) is 0.629. The van der Waals surface area contributed by atoms with Crippen molar-refractivity contribution in [2.75, 3.05) is 31.9 Å². The lowest BCUT2D eigenvalue weighted by Crippen LogP contribution is -2.63. The highest BCUT2D eigenvalue weighted by atomic mass is 35.5. The first-order valence-electron chi connectivity index (χ1n) is 16.5. The number of ether oxygens (including phenoxy) is 4. The third kappa shape index (κ3) is 8.92. The number of esters is 1. The van der Waals surface area contributed by atoms with Gasteiger partial charge >= 0.3 is 12.1 Å². The van der Waals surface area contributed by atoms with Crippen molar-refractivity contribution in [3.05, 3.63) is 46.5 Å². The topological polar surface area (TPSA) is 156 Å². The molecule has 2 heterocycles. The number of carbonyl (C=O) groups is 3. The predicted molar refractivity (Wildman–Crippen MR) is 189 cm³/mol. The maximum absolute atomic E-state index is 14.0. The molecule has 1 aromatic rings. The van der Waals surface area contributed by atoms with Gasteiger partial charge in [-0.05, 0) is 68.4 Å². The smallest absolute Gasteiger partial charge is 0.409 e. The van der Waals surface area contributed by atoms with Crippen LogP contribution in [0.1, 0.15) is 58.9 Å². The fourth-order valence-electron chi connectivity index (χ4n) is 6.97. The molecule has 9 atom stereocenters. The van der Waals surface area contributed by atoms with E-state index in [9.17, 15) is 24.6 Å². The highest BCUT2D eigenvalue weighted by molar-refractivity contribution is 7.80. The largest absolute Gasteiger partial charge is 0.495 e. The van der Waals surface area contributed by atoms with Crippen LogP contribution in [0.3, 0.4) is 0 Å². The summed E-state index contributed by atoms with van der Waals surface area (Å²) in [5.41, 5.74) is -0.212. The van der Waals surface area contributed by atoms with Crippen LogP contribution in [0.4, 0.5) is 10.5 Å². The molecule has 12 nitrogen and oxygen atoms in total. The van der Waals surface area contributed by atoms with E-state index in [0.717, 1.165) is 11.1 Å². The van der Waals surface area contributed by atoms with Gasteiger partial charge in [0.2, 0.25) is 5.91 Å². The van der Waals surface area contributed by atoms with E-state index < -0.39 is 53.8 Å². The Morgan fingerprint density at radius 3 is 2.65 bits per heavy atom. The summed E-state index contributed by atoms with van der Waals surface area (Å²) in [6.45, 7) is 7.39. The Kier molecular flexibility index (Phi) is 12.8. The number of amides is 2. The van der Waals surface area contributed by atoms with Crippen molar-refractivity contribution in [1.29, 1.82) is 0 Å². The molecule has 2 amide bonds. The monoisotopic (exact) mass is 723 g/mol. The molecular formula is C35H50ClN3O9S. The van der Waals surface area contributed by atoms with Crippen molar-refractivity contribution in [2.45, 2.75) is 96.1 Å². The summed E-state index contributed by atoms with van der Waals surface area (Å²) in [5, 5.41) is 27.6. The molecule has 0 aromatic heterocycles. The van der Waals surface area contributed by atoms with Crippen LogP contribution in [0.25, 0.3) is 0 Å². The van der Waals surface area contributed by atoms with Gasteiger partial charge < -0.3 is 34.1 Å². The Morgan fingerprint density at radius 1 is 1.29 bits per heavy atom. The van der Waals surface area contributed by atoms with Crippen LogP contribution in [0.5, 0.6) is 5.75 Å². The molecule has 4 rings (SSSR count). The lowest BCUT2D eigenvalue weighted by atomic mass is 9.83. The maximum atomic E-state index is 14.0. The summed E-state index contributed by atoms with van der Waals surface area (Å²) in [6.07, 6.45) is 2.38. The number of rotatable bonds is 8. The average molecular weight is 724 g/mol. The number of alkyl carbamates (subject to hydrolysis) is 1. The van der Waals surface area contributed by atoms with Crippen LogP contribution < -0.4 is 20.3 Å². The first kappa shape index (κ1) is 39.0. The number of anilines is 1. The average Bonchev–Trinajstić information content (AvgIpc) is 3.73. The first-order valence-corrected chi connectivity index (χ1v) is 17.5. The summed E-state index contributed by atoms with van der Waals surface area (Å²) >= 11 is 10.9. The van der Waals surface area contributed by atoms with Crippen molar-refractivity contribution < 1.29 is 43.5 Å². The predicted octanol–water partition coefficient (Wildman–Crippen LogP) is 4.15. The zero-order valence-electron chi connectivity index (χ0n) is 29.2. The highest BCUT2D eigenvalue weighted by Gasteiger charge is 2.62. The number of nitrogens with zero attached hydrogens (tertiary/aromatic N) is 1. The van der Waals surface area contributed by atoms with Gasteiger partial charge in [-0.3, -0.25) is 20.2 Å². The quantitative estimate of drug-likeness (QED) is 0.150. The molecule has 3 aliphatic rings. The molecule has 4 N–H and O–H groups in total. The molecule has 4 bridgehead atoms. The van der Waals surface area contributed by atoms with Gasteiger partial charge in [-0.15, -0.1) is 0 Å².